The molecule has 5 atom stereocenters. The smallest absolute Gasteiger partial charge is 0.432 e. The number of alkyl halides is 6. The Hall–Kier alpha value is -2.38. The second kappa shape index (κ2) is 8.87. The number of halogens is 6. The van der Waals surface area contributed by atoms with Crippen molar-refractivity contribution in [1.82, 2.24) is 5.32 Å². The van der Waals surface area contributed by atoms with Crippen molar-refractivity contribution in [2.75, 3.05) is 13.2 Å². The van der Waals surface area contributed by atoms with Gasteiger partial charge in [-0.1, -0.05) is 30.3 Å². The van der Waals surface area contributed by atoms with E-state index in [1.165, 1.54) is 32.0 Å². The van der Waals surface area contributed by atoms with Crippen LogP contribution in [0.4, 0.5) is 26.3 Å². The van der Waals surface area contributed by atoms with Crippen LogP contribution < -0.4 is 5.32 Å². The number of nitrogens with one attached hydrogen (secondary N) is 1. The molecule has 1 aliphatic rings. The number of rotatable bonds is 5. The van der Waals surface area contributed by atoms with E-state index in [1.807, 2.05) is 0 Å². The van der Waals surface area contributed by atoms with Gasteiger partial charge in [-0.3, -0.25) is 9.59 Å². The SMILES string of the molecule is CCOC(=O)[C@@H]1C(c2ccccc2)[C@H](C(=O)OCC)[C@@](O)(C(F)(F)F)N[C@]1(O)C(F)(F)F. The first-order valence-electron chi connectivity index (χ1n) is 9.41. The molecule has 0 spiro atoms. The van der Waals surface area contributed by atoms with E-state index in [-0.39, 0.29) is 5.56 Å². The molecule has 1 saturated heterocycles. The molecule has 0 saturated carbocycles. The van der Waals surface area contributed by atoms with Crippen LogP contribution in [0, 0.1) is 11.8 Å². The van der Waals surface area contributed by atoms with Crippen molar-refractivity contribution in [1.29, 1.82) is 0 Å². The Balaban J connectivity index is 2.93. The Morgan fingerprint density at radius 2 is 1.25 bits per heavy atom. The highest BCUT2D eigenvalue weighted by Crippen LogP contribution is 2.55. The maximum atomic E-state index is 14.0. The summed E-state index contributed by atoms with van der Waals surface area (Å²) in [6.45, 7) is 1.51. The molecular weight excluding hydrogens is 452 g/mol. The van der Waals surface area contributed by atoms with Crippen LogP contribution >= 0.6 is 0 Å². The molecule has 1 heterocycles. The number of esters is 2. The molecule has 0 aliphatic carbocycles. The fraction of sp³-hybridized carbons (Fsp3) is 0.579. The average molecular weight is 473 g/mol. The Labute approximate surface area is 178 Å². The lowest BCUT2D eigenvalue weighted by molar-refractivity contribution is -0.376. The Bertz CT molecular complexity index is 784. The number of carbonyl (C=O) groups excluding carboxylic acids is 2. The van der Waals surface area contributed by atoms with Gasteiger partial charge < -0.3 is 19.7 Å². The second-order valence-electron chi connectivity index (χ2n) is 7.05. The van der Waals surface area contributed by atoms with Gasteiger partial charge in [-0.15, -0.1) is 0 Å². The zero-order valence-electron chi connectivity index (χ0n) is 16.8. The number of piperidine rings is 1. The zero-order chi connectivity index (χ0) is 24.5. The molecule has 3 N–H and O–H groups in total. The van der Waals surface area contributed by atoms with Crippen molar-refractivity contribution in [3.05, 3.63) is 35.9 Å². The number of ether oxygens (including phenoxy) is 2. The van der Waals surface area contributed by atoms with E-state index in [2.05, 4.69) is 9.47 Å². The summed E-state index contributed by atoms with van der Waals surface area (Å²) in [6, 6.07) is 5.97. The summed E-state index contributed by atoms with van der Waals surface area (Å²) in [7, 11) is 0. The van der Waals surface area contributed by atoms with Gasteiger partial charge in [0.1, 0.15) is 11.8 Å². The molecule has 32 heavy (non-hydrogen) atoms. The number of hydrogen-bond acceptors (Lipinski definition) is 7. The summed E-state index contributed by atoms with van der Waals surface area (Å²) in [4.78, 5) is 25.2. The lowest BCUT2D eigenvalue weighted by Gasteiger charge is -2.54. The van der Waals surface area contributed by atoms with E-state index >= 15 is 0 Å². The third-order valence-electron chi connectivity index (χ3n) is 5.13. The summed E-state index contributed by atoms with van der Waals surface area (Å²) >= 11 is 0. The molecule has 180 valence electrons. The highest BCUT2D eigenvalue weighted by atomic mass is 19.4. The predicted octanol–water partition coefficient (Wildman–Crippen LogP) is 2.23. The lowest BCUT2D eigenvalue weighted by Crippen LogP contribution is -2.81. The largest absolute Gasteiger partial charge is 0.466 e. The molecular formula is C19H21F6NO6. The molecule has 0 amide bonds. The van der Waals surface area contributed by atoms with Crippen molar-refractivity contribution >= 4 is 11.9 Å². The summed E-state index contributed by atoms with van der Waals surface area (Å²) in [5.74, 6) is -11.4. The first kappa shape index (κ1) is 25.9. The molecule has 1 aromatic carbocycles. The van der Waals surface area contributed by atoms with Crippen LogP contribution in [0.2, 0.25) is 0 Å². The van der Waals surface area contributed by atoms with E-state index in [0.29, 0.717) is 0 Å². The van der Waals surface area contributed by atoms with Crippen molar-refractivity contribution in [2.24, 2.45) is 11.8 Å². The Morgan fingerprint density at radius 1 is 0.875 bits per heavy atom. The third-order valence-corrected chi connectivity index (χ3v) is 5.13. The molecule has 0 bridgehead atoms. The van der Waals surface area contributed by atoms with Crippen LogP contribution in [0.3, 0.4) is 0 Å². The molecule has 7 nitrogen and oxygen atoms in total. The molecule has 0 radical (unpaired) electrons. The van der Waals surface area contributed by atoms with E-state index in [1.54, 1.807) is 0 Å². The molecule has 1 unspecified atom stereocenters. The fourth-order valence-electron chi connectivity index (χ4n) is 3.81. The van der Waals surface area contributed by atoms with Crippen LogP contribution in [0.5, 0.6) is 0 Å². The monoisotopic (exact) mass is 473 g/mol. The first-order chi connectivity index (χ1) is 14.7. The summed E-state index contributed by atoms with van der Waals surface area (Å²) in [5, 5.41) is 21.7. The number of benzene rings is 1. The van der Waals surface area contributed by atoms with Gasteiger partial charge >= 0.3 is 24.3 Å². The van der Waals surface area contributed by atoms with Crippen molar-refractivity contribution < 1.29 is 55.6 Å². The van der Waals surface area contributed by atoms with Crippen molar-refractivity contribution in [2.45, 2.75) is 43.6 Å². The van der Waals surface area contributed by atoms with Crippen LogP contribution in [-0.4, -0.2) is 59.2 Å². The topological polar surface area (TPSA) is 105 Å². The maximum absolute atomic E-state index is 14.0. The highest BCUT2D eigenvalue weighted by molar-refractivity contribution is 5.81. The quantitative estimate of drug-likeness (QED) is 0.445. The second-order valence-corrected chi connectivity index (χ2v) is 7.05. The Morgan fingerprint density at radius 3 is 1.56 bits per heavy atom. The fourth-order valence-corrected chi connectivity index (χ4v) is 3.81. The van der Waals surface area contributed by atoms with Gasteiger partial charge in [-0.05, 0) is 19.4 Å². The standard InChI is InChI=1S/C19H21F6NO6/c1-3-31-14(27)12-11(10-8-6-5-7-9-10)13(15(28)32-4-2)17(30,19(23,24)25)26-16(12,29)18(20,21)22/h5-9,11-13,26,29-30H,3-4H2,1-2H3/t11?,12-,13+,16-,17-/m1/s1. The van der Waals surface area contributed by atoms with Crippen LogP contribution in [0.15, 0.2) is 30.3 Å². The Kier molecular flexibility index (Phi) is 7.17. The van der Waals surface area contributed by atoms with E-state index < -0.39 is 66.7 Å². The number of carbonyl (C=O) groups is 2. The average Bonchev–Trinajstić information content (AvgIpc) is 2.66. The van der Waals surface area contributed by atoms with Gasteiger partial charge in [0.2, 0.25) is 11.4 Å². The molecule has 0 aromatic heterocycles. The molecule has 2 rings (SSSR count). The molecule has 1 aromatic rings. The minimum Gasteiger partial charge on any atom is -0.466 e. The van der Waals surface area contributed by atoms with Crippen LogP contribution in [0.25, 0.3) is 0 Å². The lowest BCUT2D eigenvalue weighted by atomic mass is 9.64. The third kappa shape index (κ3) is 4.28. The van der Waals surface area contributed by atoms with Gasteiger partial charge in [-0.2, -0.15) is 26.3 Å². The minimum atomic E-state index is -5.91. The van der Waals surface area contributed by atoms with Crippen molar-refractivity contribution in [3.8, 4) is 0 Å². The molecule has 1 fully saturated rings. The first-order valence-corrected chi connectivity index (χ1v) is 9.41. The van der Waals surface area contributed by atoms with Crippen LogP contribution in [0.1, 0.15) is 25.3 Å². The molecule has 1 aliphatic heterocycles. The normalized spacial score (nSPS) is 31.1. The summed E-state index contributed by atoms with van der Waals surface area (Å²) in [6.07, 6.45) is -11.8. The van der Waals surface area contributed by atoms with E-state index in [0.717, 1.165) is 17.4 Å². The van der Waals surface area contributed by atoms with Gasteiger partial charge in [-0.25, -0.2) is 5.32 Å². The predicted molar refractivity (Wildman–Crippen MR) is 94.6 cm³/mol. The van der Waals surface area contributed by atoms with Gasteiger partial charge in [0.25, 0.3) is 0 Å². The summed E-state index contributed by atoms with van der Waals surface area (Å²) in [5.41, 5.74) is -9.60. The number of aliphatic hydroxyl groups is 2. The van der Waals surface area contributed by atoms with E-state index in [4.69, 9.17) is 0 Å². The van der Waals surface area contributed by atoms with Crippen molar-refractivity contribution in [3.63, 3.8) is 0 Å². The van der Waals surface area contributed by atoms with E-state index in [9.17, 15) is 46.1 Å². The highest BCUT2D eigenvalue weighted by Gasteiger charge is 2.78. The van der Waals surface area contributed by atoms with Gasteiger partial charge in [0, 0.05) is 5.92 Å². The van der Waals surface area contributed by atoms with Crippen LogP contribution in [-0.2, 0) is 19.1 Å². The molecule has 13 heteroatoms. The minimum absolute atomic E-state index is 0.365. The maximum Gasteiger partial charge on any atom is 0.432 e. The van der Waals surface area contributed by atoms with Gasteiger partial charge in [0.15, 0.2) is 0 Å². The van der Waals surface area contributed by atoms with Gasteiger partial charge in [0.05, 0.1) is 13.2 Å². The number of hydrogen-bond donors (Lipinski definition) is 3. The summed E-state index contributed by atoms with van der Waals surface area (Å²) < 4.78 is 93.0. The zero-order valence-corrected chi connectivity index (χ0v) is 16.8.